The maximum absolute atomic E-state index is 15.4. The normalized spacial score (nSPS) is 14.7. The highest BCUT2D eigenvalue weighted by molar-refractivity contribution is 7.84. The highest BCUT2D eigenvalue weighted by Crippen LogP contribution is 2.46. The first-order chi connectivity index (χ1) is 18.6. The Kier molecular flexibility index (Phi) is 9.62. The zero-order valence-corrected chi connectivity index (χ0v) is 23.2. The van der Waals surface area contributed by atoms with Crippen LogP contribution in [-0.4, -0.2) is 27.6 Å². The molecule has 3 rings (SSSR count). The quantitative estimate of drug-likeness (QED) is 0.226. The molecule has 40 heavy (non-hydrogen) atoms. The highest BCUT2D eigenvalue weighted by atomic mass is 32.2. The lowest BCUT2D eigenvalue weighted by Crippen LogP contribution is -2.43. The van der Waals surface area contributed by atoms with Crippen molar-refractivity contribution in [3.8, 4) is 11.5 Å². The molecule has 0 aliphatic heterocycles. The van der Waals surface area contributed by atoms with E-state index in [0.717, 1.165) is 12.1 Å². The van der Waals surface area contributed by atoms with Crippen LogP contribution in [0.2, 0.25) is 0 Å². The molecule has 2 N–H and O–H groups in total. The number of halogens is 6. The van der Waals surface area contributed by atoms with Gasteiger partial charge in [-0.1, -0.05) is 36.4 Å². The molecule has 4 nitrogen and oxygen atoms in total. The van der Waals surface area contributed by atoms with Crippen molar-refractivity contribution in [2.45, 2.75) is 69.3 Å². The number of hydrogen-bond donors (Lipinski definition) is 1. The summed E-state index contributed by atoms with van der Waals surface area (Å²) < 4.78 is 105. The Balaban J connectivity index is 2.35. The highest BCUT2D eigenvalue weighted by Gasteiger charge is 2.46. The first-order valence-corrected chi connectivity index (χ1v) is 13.6. The summed E-state index contributed by atoms with van der Waals surface area (Å²) in [4.78, 5) is 0. The fourth-order valence-corrected chi connectivity index (χ4v) is 5.02. The maximum Gasteiger partial charge on any atom is 0.461 e. The molecule has 3 aromatic carbocycles. The van der Waals surface area contributed by atoms with Gasteiger partial charge in [0, 0.05) is 11.5 Å². The molecule has 0 saturated heterocycles. The molecule has 0 aliphatic carbocycles. The molecule has 0 radical (unpaired) electrons. The summed E-state index contributed by atoms with van der Waals surface area (Å²) in [5.41, 5.74) is -0.488. The molecule has 11 heteroatoms. The number of rotatable bonds is 12. The molecule has 0 aliphatic rings. The molecule has 0 spiro atoms. The zero-order chi connectivity index (χ0) is 29.9. The number of benzene rings is 3. The molecule has 0 fully saturated rings. The van der Waals surface area contributed by atoms with Crippen molar-refractivity contribution in [1.29, 1.82) is 0 Å². The van der Waals surface area contributed by atoms with Crippen LogP contribution in [0, 0.1) is 11.6 Å². The lowest BCUT2D eigenvalue weighted by atomic mass is 9.66. The van der Waals surface area contributed by atoms with Crippen LogP contribution in [-0.2, 0) is 22.8 Å². The third-order valence-corrected chi connectivity index (χ3v) is 7.63. The van der Waals surface area contributed by atoms with Gasteiger partial charge in [-0.25, -0.2) is 13.0 Å². The molecule has 0 amide bonds. The number of nitrogens with two attached hydrogens (primary N) is 1. The third-order valence-electron chi connectivity index (χ3n) is 6.40. The smallest absolute Gasteiger partial charge is 0.461 e. The van der Waals surface area contributed by atoms with E-state index in [2.05, 4.69) is 4.74 Å². The molecule has 2 unspecified atom stereocenters. The van der Waals surface area contributed by atoms with Crippen LogP contribution in [0.3, 0.4) is 0 Å². The minimum atomic E-state index is -4.90. The molecular formula is C29H31F6NO3S. The van der Waals surface area contributed by atoms with E-state index < -0.39 is 51.1 Å². The van der Waals surface area contributed by atoms with Crippen molar-refractivity contribution >= 4 is 11.0 Å². The second kappa shape index (κ2) is 12.2. The molecule has 0 saturated carbocycles. The first kappa shape index (κ1) is 31.5. The minimum absolute atomic E-state index is 0.00636. The summed E-state index contributed by atoms with van der Waals surface area (Å²) in [6.45, 7) is 6.62. The molecule has 0 aromatic heterocycles. The van der Waals surface area contributed by atoms with Crippen LogP contribution in [0.15, 0.2) is 66.7 Å². The van der Waals surface area contributed by atoms with Crippen molar-refractivity contribution in [3.63, 3.8) is 0 Å². The summed E-state index contributed by atoms with van der Waals surface area (Å²) in [7, 11) is -1.94. The average molecular weight is 588 g/mol. The Morgan fingerprint density at radius 1 is 0.925 bits per heavy atom. The summed E-state index contributed by atoms with van der Waals surface area (Å²) in [6.07, 6.45) is -9.45. The van der Waals surface area contributed by atoms with Crippen LogP contribution >= 0.6 is 0 Å². The van der Waals surface area contributed by atoms with Crippen molar-refractivity contribution in [2.75, 3.05) is 0 Å². The second-order valence-corrected chi connectivity index (χ2v) is 12.1. The third kappa shape index (κ3) is 7.37. The van der Waals surface area contributed by atoms with E-state index >= 15 is 4.39 Å². The maximum atomic E-state index is 15.4. The van der Waals surface area contributed by atoms with E-state index in [1.165, 1.54) is 12.1 Å². The minimum Gasteiger partial charge on any atom is -0.488 e. The average Bonchev–Trinajstić information content (AvgIpc) is 2.84. The Morgan fingerprint density at radius 2 is 1.57 bits per heavy atom. The summed E-state index contributed by atoms with van der Waals surface area (Å²) >= 11 is 0. The molecule has 2 atom stereocenters. The summed E-state index contributed by atoms with van der Waals surface area (Å²) in [5, 5.41) is 5.81. The van der Waals surface area contributed by atoms with Gasteiger partial charge in [-0.2, -0.15) is 17.6 Å². The molecule has 0 heterocycles. The van der Waals surface area contributed by atoms with Gasteiger partial charge in [-0.15, -0.1) is 0 Å². The van der Waals surface area contributed by atoms with E-state index in [0.29, 0.717) is 11.6 Å². The largest absolute Gasteiger partial charge is 0.488 e. The topological polar surface area (TPSA) is 61.5 Å². The molecule has 0 bridgehead atoms. The lowest BCUT2D eigenvalue weighted by molar-refractivity contribution is -0.253. The zero-order valence-electron chi connectivity index (χ0n) is 22.4. The summed E-state index contributed by atoms with van der Waals surface area (Å²) in [5.74, 6) is -2.70. The van der Waals surface area contributed by atoms with Crippen molar-refractivity contribution in [1.82, 2.24) is 0 Å². The standard InChI is InChI=1S/C29H31F6NO3S/c1-18(2)38-25-11-10-20(14-24(25)31)28(17-27(3,4)40(36)37,16-19-8-6-5-7-9-19)21-12-22(30)15-23(13-21)39-29(34,35)26(32)33/h5-15,18,26H,16-17,36H2,1-4H3. The van der Waals surface area contributed by atoms with Crippen LogP contribution < -0.4 is 14.6 Å². The van der Waals surface area contributed by atoms with E-state index in [4.69, 9.17) is 9.88 Å². The van der Waals surface area contributed by atoms with E-state index in [9.17, 15) is 26.2 Å². The van der Waals surface area contributed by atoms with Gasteiger partial charge in [0.25, 0.3) is 0 Å². The van der Waals surface area contributed by atoms with E-state index in [-0.39, 0.29) is 35.8 Å². The molecule has 218 valence electrons. The number of hydrogen-bond acceptors (Lipinski definition) is 3. The van der Waals surface area contributed by atoms with Crippen molar-refractivity contribution in [2.24, 2.45) is 5.14 Å². The monoisotopic (exact) mass is 587 g/mol. The number of alkyl halides is 4. The van der Waals surface area contributed by atoms with Crippen LogP contribution in [0.5, 0.6) is 11.5 Å². The van der Waals surface area contributed by atoms with Crippen molar-refractivity contribution in [3.05, 3.63) is 95.1 Å². The van der Waals surface area contributed by atoms with E-state index in [1.54, 1.807) is 64.1 Å². The van der Waals surface area contributed by atoms with Gasteiger partial charge in [0.2, 0.25) is 0 Å². The fourth-order valence-electron chi connectivity index (χ4n) is 4.63. The summed E-state index contributed by atoms with van der Waals surface area (Å²) in [6, 6.07) is 15.5. The Labute approximate surface area is 232 Å². The Hall–Kier alpha value is -3.05. The SMILES string of the molecule is CC(C)Oc1ccc(C(Cc2ccccc2)(CC(C)(C)S(N)=O)c2cc(F)cc(OC(F)(F)C(F)F)c2)cc1F. The van der Waals surface area contributed by atoms with Crippen LogP contribution in [0.1, 0.15) is 50.8 Å². The molecular weight excluding hydrogens is 556 g/mol. The van der Waals surface area contributed by atoms with Gasteiger partial charge in [0.1, 0.15) is 11.6 Å². The van der Waals surface area contributed by atoms with Gasteiger partial charge < -0.3 is 9.47 Å². The fraction of sp³-hybridized carbons (Fsp3) is 0.379. The lowest BCUT2D eigenvalue weighted by Gasteiger charge is -2.41. The van der Waals surface area contributed by atoms with Gasteiger partial charge in [-0.05, 0) is 81.5 Å². The van der Waals surface area contributed by atoms with E-state index in [1.807, 2.05) is 0 Å². The second-order valence-electron chi connectivity index (χ2n) is 10.4. The Bertz CT molecular complexity index is 1340. The Morgan fingerprint density at radius 3 is 2.12 bits per heavy atom. The first-order valence-electron chi connectivity index (χ1n) is 12.4. The van der Waals surface area contributed by atoms with Crippen LogP contribution in [0.4, 0.5) is 26.3 Å². The molecule has 3 aromatic rings. The van der Waals surface area contributed by atoms with Crippen molar-refractivity contribution < 1.29 is 40.0 Å². The van der Waals surface area contributed by atoms with Gasteiger partial charge in [-0.3, -0.25) is 5.14 Å². The number of ether oxygens (including phenoxy) is 2. The van der Waals surface area contributed by atoms with Gasteiger partial charge >= 0.3 is 12.5 Å². The van der Waals surface area contributed by atoms with Crippen LogP contribution in [0.25, 0.3) is 0 Å². The van der Waals surface area contributed by atoms with Gasteiger partial charge in [0.05, 0.1) is 21.8 Å². The predicted octanol–water partition coefficient (Wildman–Crippen LogP) is 7.31. The van der Waals surface area contributed by atoms with Gasteiger partial charge in [0.15, 0.2) is 11.6 Å². The predicted molar refractivity (Wildman–Crippen MR) is 142 cm³/mol.